The molecule has 4 aliphatic heterocycles. The number of ketones is 1. The molecule has 2 aromatic heterocycles. The van der Waals surface area contributed by atoms with Crippen molar-refractivity contribution < 1.29 is 33.0 Å². The number of pyridine rings is 1. The minimum Gasteiger partial charge on any atom is -0.493 e. The lowest BCUT2D eigenvalue weighted by Crippen LogP contribution is -2.60. The van der Waals surface area contributed by atoms with Gasteiger partial charge in [0.2, 0.25) is 0 Å². The Labute approximate surface area is 525 Å². The highest BCUT2D eigenvalue weighted by molar-refractivity contribution is 6.30. The van der Waals surface area contributed by atoms with E-state index in [-0.39, 0.29) is 61.2 Å². The number of hydrogen-bond donors (Lipinski definition) is 1. The van der Waals surface area contributed by atoms with Crippen LogP contribution in [0.4, 0.5) is 26.5 Å². The number of rotatable bonds is 19. The first-order valence-corrected chi connectivity index (χ1v) is 31.5. The zero-order chi connectivity index (χ0) is 62.1. The van der Waals surface area contributed by atoms with Crippen LogP contribution in [0.15, 0.2) is 102 Å². The Morgan fingerprint density at radius 3 is 2.19 bits per heavy atom. The molecule has 0 radical (unpaired) electrons. The quantitative estimate of drug-likeness (QED) is 0.0605. The molecule has 2 N–H and O–H groups in total. The number of benzene rings is 4. The van der Waals surface area contributed by atoms with Gasteiger partial charge >= 0.3 is 6.03 Å². The van der Waals surface area contributed by atoms with Gasteiger partial charge in [0, 0.05) is 85.5 Å². The number of amidine groups is 1. The molecular weight excluding hydrogens is 1160 g/mol. The number of nitrogens with two attached hydrogens (primary N) is 1. The van der Waals surface area contributed by atoms with Crippen LogP contribution in [0.5, 0.6) is 5.75 Å². The molecule has 0 spiro atoms. The maximum Gasteiger partial charge on any atom is 0.326 e. The summed E-state index contributed by atoms with van der Waals surface area (Å²) in [5.41, 5.74) is 11.5. The number of anilines is 2. The molecule has 6 aromatic rings. The molecule has 462 valence electrons. The Morgan fingerprint density at radius 1 is 0.818 bits per heavy atom. The zero-order valence-electron chi connectivity index (χ0n) is 51.2. The Hall–Kier alpha value is -7.40. The summed E-state index contributed by atoms with van der Waals surface area (Å²) in [5.74, 6) is 1.22. The standard InChI is InChI=1S/C68H78Cl2FN11O6/c1-8-88-59-40-47(66(2,3)4)17-25-54(59)62-75-67(5,45-13-18-48(69)19-14-45)68(6,46-15-20-49(70)21-16-46)82(62)65(85)78-32-30-77(31-33-78)34-36-87-38-37-86-35-27-52(83)11-9-29-81-63(73-7)60-44-39-58(61(72)74-42-44)79-28-10-12-57(79)55-41-50(71)22-26-53(55)64(84)80(51-23-24-51)43-56(60)76-81/h13-22,25-26,39-42,51,57H,8-12,23-24,27-38,43H2,1-6H3,(H2,72,74)/t57-,67+,68-/m1/s1. The van der Waals surface area contributed by atoms with Gasteiger partial charge in [0.25, 0.3) is 11.7 Å². The maximum absolute atomic E-state index is 15.6. The first-order valence-electron chi connectivity index (χ1n) is 30.8. The Bertz CT molecular complexity index is 3650. The lowest BCUT2D eigenvalue weighted by Gasteiger charge is -2.47. The highest BCUT2D eigenvalue weighted by atomic mass is 35.5. The fourth-order valence-electron chi connectivity index (χ4n) is 13.0. The van der Waals surface area contributed by atoms with Crippen molar-refractivity contribution in [3.05, 3.63) is 164 Å². The topological polar surface area (TPSA) is 169 Å². The number of hydrogen-bond acceptors (Lipinski definition) is 12. The number of ether oxygens (including phenoxy) is 3. The molecule has 6 heterocycles. The number of nitrogen functional groups attached to an aromatic ring is 1. The molecule has 2 saturated heterocycles. The van der Waals surface area contributed by atoms with Crippen LogP contribution in [0.1, 0.15) is 136 Å². The summed E-state index contributed by atoms with van der Waals surface area (Å²) in [4.78, 5) is 67.5. The van der Waals surface area contributed by atoms with Crippen LogP contribution in [0.25, 0.3) is 16.0 Å². The normalized spacial score (nSPS) is 20.4. The number of urea groups is 1. The van der Waals surface area contributed by atoms with Crippen molar-refractivity contribution in [1.82, 2.24) is 34.4 Å². The van der Waals surface area contributed by atoms with Gasteiger partial charge in [0.15, 0.2) is 0 Å². The molecule has 11 rings (SSSR count). The summed E-state index contributed by atoms with van der Waals surface area (Å²) in [6, 6.07) is 27.5. The van der Waals surface area contributed by atoms with Crippen LogP contribution >= 0.6 is 23.2 Å². The Balaban J connectivity index is 0.680. The molecule has 20 heteroatoms. The highest BCUT2D eigenvalue weighted by Crippen LogP contribution is 2.54. The van der Waals surface area contributed by atoms with Crippen molar-refractivity contribution in [2.45, 2.75) is 128 Å². The van der Waals surface area contributed by atoms with E-state index >= 15 is 4.79 Å². The molecule has 1 aliphatic carbocycles. The number of nitrogens with zero attached hydrogens (tertiary/aromatic N) is 10. The zero-order valence-corrected chi connectivity index (χ0v) is 52.7. The second kappa shape index (κ2) is 26.0. The van der Waals surface area contributed by atoms with E-state index in [9.17, 15) is 14.0 Å². The van der Waals surface area contributed by atoms with Crippen LogP contribution in [-0.4, -0.2) is 136 Å². The Morgan fingerprint density at radius 2 is 1.51 bits per heavy atom. The van der Waals surface area contributed by atoms with Crippen LogP contribution in [0.3, 0.4) is 0 Å². The monoisotopic (exact) mass is 1230 g/mol. The second-order valence-corrected chi connectivity index (χ2v) is 25.8. The largest absolute Gasteiger partial charge is 0.493 e. The number of aliphatic imine (C=N–C) groups is 1. The number of Topliss-reactive ketones (excluding diaryl/α,β-unsaturated/α-hetero) is 1. The van der Waals surface area contributed by atoms with Crippen molar-refractivity contribution >= 4 is 64.1 Å². The molecule has 2 bridgehead atoms. The van der Waals surface area contributed by atoms with Gasteiger partial charge in [-0.2, -0.15) is 4.68 Å². The number of halogens is 3. The third-order valence-electron chi connectivity index (χ3n) is 18.3. The van der Waals surface area contributed by atoms with Crippen molar-refractivity contribution in [2.75, 3.05) is 82.9 Å². The first kappa shape index (κ1) is 62.2. The predicted octanol–water partition coefficient (Wildman–Crippen LogP) is 12.8. The number of carbonyl (C=O) groups excluding carboxylic acids is 3. The maximum atomic E-state index is 15.6. The number of aromatic nitrogens is 3. The van der Waals surface area contributed by atoms with Crippen LogP contribution in [0.2, 0.25) is 10.0 Å². The van der Waals surface area contributed by atoms with E-state index in [1.807, 2.05) is 82.3 Å². The minimum atomic E-state index is -1.04. The summed E-state index contributed by atoms with van der Waals surface area (Å²) >= 11 is 13.0. The summed E-state index contributed by atoms with van der Waals surface area (Å²) in [6.45, 7) is 26.9. The van der Waals surface area contributed by atoms with Crippen molar-refractivity contribution in [2.24, 2.45) is 4.99 Å². The van der Waals surface area contributed by atoms with E-state index in [2.05, 4.69) is 66.4 Å². The van der Waals surface area contributed by atoms with Gasteiger partial charge in [-0.05, 0) is 147 Å². The molecule has 1 saturated carbocycles. The fraction of sp³-hybridized carbons (Fsp3) is 0.456. The predicted molar refractivity (Wildman–Crippen MR) is 341 cm³/mol. The summed E-state index contributed by atoms with van der Waals surface area (Å²) < 4.78 is 34.9. The number of fused-ring (bicyclic) bond motifs is 8. The summed E-state index contributed by atoms with van der Waals surface area (Å²) in [7, 11) is 0. The number of amides is 3. The smallest absolute Gasteiger partial charge is 0.326 e. The van der Waals surface area contributed by atoms with E-state index in [4.69, 9.17) is 59.8 Å². The third-order valence-corrected chi connectivity index (χ3v) is 18.8. The molecule has 5 aliphatic rings. The molecule has 0 unspecified atom stereocenters. The van der Waals surface area contributed by atoms with E-state index in [0.717, 1.165) is 41.5 Å². The van der Waals surface area contributed by atoms with Crippen LogP contribution in [-0.2, 0) is 43.9 Å². The molecule has 3 amide bonds. The van der Waals surface area contributed by atoms with Crippen molar-refractivity contribution in [1.29, 1.82) is 0 Å². The van der Waals surface area contributed by atoms with Gasteiger partial charge in [-0.3, -0.25) is 24.4 Å². The number of piperazine rings is 1. The van der Waals surface area contributed by atoms with E-state index in [1.165, 1.54) is 12.1 Å². The molecule has 17 nitrogen and oxygen atoms in total. The lowest BCUT2D eigenvalue weighted by molar-refractivity contribution is -0.120. The third kappa shape index (κ3) is 12.5. The molecule has 3 atom stereocenters. The van der Waals surface area contributed by atoms with E-state index < -0.39 is 16.9 Å². The highest BCUT2D eigenvalue weighted by Gasteiger charge is 2.60. The second-order valence-electron chi connectivity index (χ2n) is 24.9. The van der Waals surface area contributed by atoms with E-state index in [1.54, 1.807) is 16.9 Å². The summed E-state index contributed by atoms with van der Waals surface area (Å²) in [5, 5.41) is 6.16. The van der Waals surface area contributed by atoms with Crippen molar-refractivity contribution in [3.8, 4) is 16.9 Å². The molecule has 4 aromatic carbocycles. The molecule has 88 heavy (non-hydrogen) atoms. The average Bonchev–Trinajstić information content (AvgIpc) is 1.57. The van der Waals surface area contributed by atoms with Crippen molar-refractivity contribution in [3.63, 3.8) is 0 Å². The SMILES string of the molecule is [C-]#[N+]c1c2c(nn1CCCC(=O)CCOCCOCCN1CCN(C(=O)N3C(c4ccc(C(C)(C)C)cc4OCC)=N[C@@](C)(c4ccc(Cl)cc4)[C@@]3(C)c3ccc(Cl)cc3)CC1)CN(C1CC1)C(=O)c1ccc(F)cc1[C@H]1CCCN1c1cc-2cnc1N. The lowest BCUT2D eigenvalue weighted by atomic mass is 9.71. The number of carbonyl (C=O) groups is 3. The van der Waals surface area contributed by atoms with Gasteiger partial charge in [-0.15, -0.1) is 5.10 Å². The summed E-state index contributed by atoms with van der Waals surface area (Å²) in [6.07, 6.45) is 5.81. The number of aryl methyl sites for hydroxylation is 1. The Kier molecular flexibility index (Phi) is 18.4. The average molecular weight is 1240 g/mol. The van der Waals surface area contributed by atoms with Crippen LogP contribution in [0, 0.1) is 12.4 Å². The van der Waals surface area contributed by atoms with Gasteiger partial charge < -0.3 is 39.5 Å². The van der Waals surface area contributed by atoms with Gasteiger partial charge in [-0.1, -0.05) is 80.9 Å². The van der Waals surface area contributed by atoms with Crippen LogP contribution < -0.4 is 15.4 Å². The molecular formula is C68H78Cl2FN11O6. The van der Waals surface area contributed by atoms with E-state index in [0.29, 0.717) is 152 Å². The van der Waals surface area contributed by atoms with Gasteiger partial charge in [-0.25, -0.2) is 14.2 Å². The van der Waals surface area contributed by atoms with Gasteiger partial charge in [0.1, 0.15) is 45.8 Å². The molecule has 3 fully saturated rings. The first-order chi connectivity index (χ1) is 42.3. The van der Waals surface area contributed by atoms with Gasteiger partial charge in [0.05, 0.1) is 63.4 Å². The minimum absolute atomic E-state index is 0.00584. The fourth-order valence-corrected chi connectivity index (χ4v) is 13.3.